The monoisotopic (exact) mass is 520 g/mol. The first kappa shape index (κ1) is 30.9. The van der Waals surface area contributed by atoms with Crippen LogP contribution in [0.2, 0.25) is 0 Å². The lowest BCUT2D eigenvalue weighted by molar-refractivity contribution is -0.0666. The summed E-state index contributed by atoms with van der Waals surface area (Å²) in [4.78, 5) is 32.6. The van der Waals surface area contributed by atoms with Gasteiger partial charge in [0.1, 0.15) is 0 Å². The predicted molar refractivity (Wildman–Crippen MR) is 157 cm³/mol. The van der Waals surface area contributed by atoms with E-state index in [0.29, 0.717) is 24.5 Å². The number of hydrogen-bond acceptors (Lipinski definition) is 5. The van der Waals surface area contributed by atoms with Crippen LogP contribution in [0.4, 0.5) is 5.69 Å². The number of nitrogens with one attached hydrogen (secondary N) is 2. The zero-order chi connectivity index (χ0) is 28.1. The molecule has 1 fully saturated rings. The number of carbonyl (C=O) groups excluding carboxylic acids is 2. The van der Waals surface area contributed by atoms with E-state index in [1.807, 2.05) is 84.9 Å². The number of nitrogens with zero attached hydrogens (tertiary/aromatic N) is 2. The Hall–Kier alpha value is -3.29. The molecule has 4 rings (SSSR count). The van der Waals surface area contributed by atoms with Crippen LogP contribution in [0, 0.1) is 0 Å². The molecule has 0 radical (unpaired) electrons. The van der Waals surface area contributed by atoms with Crippen molar-refractivity contribution in [3.05, 3.63) is 72.1 Å². The van der Waals surface area contributed by atoms with E-state index in [1.165, 1.54) is 0 Å². The number of rotatable bonds is 7. The smallest absolute Gasteiger partial charge is 0.272 e. The van der Waals surface area contributed by atoms with Crippen molar-refractivity contribution in [2.45, 2.75) is 73.0 Å². The van der Waals surface area contributed by atoms with Crippen molar-refractivity contribution in [2.75, 3.05) is 25.1 Å². The van der Waals surface area contributed by atoms with E-state index < -0.39 is 0 Å². The molecular formula is C31H44N4O3. The first-order chi connectivity index (χ1) is 18.3. The van der Waals surface area contributed by atoms with Crippen LogP contribution in [0.5, 0.6) is 0 Å². The summed E-state index contributed by atoms with van der Waals surface area (Å²) in [6.45, 7) is 16.1. The summed E-state index contributed by atoms with van der Waals surface area (Å²) in [5.74, 6) is -0.586. The lowest BCUT2D eigenvalue weighted by Gasteiger charge is -2.28. The van der Waals surface area contributed by atoms with E-state index >= 15 is 0 Å². The van der Waals surface area contributed by atoms with Crippen molar-refractivity contribution in [1.29, 1.82) is 0 Å². The third-order valence-corrected chi connectivity index (χ3v) is 5.97. The minimum Gasteiger partial charge on any atom is -0.360 e. The van der Waals surface area contributed by atoms with Crippen LogP contribution in [-0.2, 0) is 4.74 Å². The van der Waals surface area contributed by atoms with Gasteiger partial charge in [0, 0.05) is 30.9 Å². The normalized spacial score (nSPS) is 15.1. The Morgan fingerprint density at radius 1 is 0.974 bits per heavy atom. The Bertz CT molecular complexity index is 1170. The van der Waals surface area contributed by atoms with Crippen molar-refractivity contribution in [3.63, 3.8) is 0 Å². The summed E-state index contributed by atoms with van der Waals surface area (Å²) in [5, 5.41) is 7.72. The fourth-order valence-electron chi connectivity index (χ4n) is 4.17. The van der Waals surface area contributed by atoms with E-state index in [9.17, 15) is 9.59 Å². The van der Waals surface area contributed by atoms with Gasteiger partial charge in [-0.25, -0.2) is 4.98 Å². The summed E-state index contributed by atoms with van der Waals surface area (Å²) in [5.41, 5.74) is 0.930. The van der Waals surface area contributed by atoms with Gasteiger partial charge in [-0.2, -0.15) is 0 Å². The molecule has 1 aliphatic heterocycles. The first-order valence-corrected chi connectivity index (χ1v) is 13.7. The molecule has 7 nitrogen and oxygen atoms in total. The van der Waals surface area contributed by atoms with Gasteiger partial charge in [0.25, 0.3) is 11.8 Å². The number of anilines is 1. The molecule has 1 aliphatic rings. The predicted octanol–water partition coefficient (Wildman–Crippen LogP) is 6.51. The highest BCUT2D eigenvalue weighted by molar-refractivity contribution is 6.14. The standard InChI is InChI=1S/C27H32N4O3.2C2H6/c1-27(2,3)34-18-31-16-8-11-20(31)17-29-26(33)24-23(14-7-15-28-24)30-25(32)22-13-6-10-19-9-4-5-12-21(19)22;2*1-2/h4-7,9-10,12-15,20H,8,11,16-18H2,1-3H3,(H,29,33)(H,30,32);2*1-2H3. The van der Waals surface area contributed by atoms with Gasteiger partial charge in [-0.15, -0.1) is 0 Å². The molecule has 2 amide bonds. The number of fused-ring (bicyclic) bond motifs is 1. The largest absolute Gasteiger partial charge is 0.360 e. The van der Waals surface area contributed by atoms with Gasteiger partial charge < -0.3 is 15.4 Å². The highest BCUT2D eigenvalue weighted by Gasteiger charge is 2.27. The van der Waals surface area contributed by atoms with Crippen LogP contribution in [0.25, 0.3) is 10.8 Å². The van der Waals surface area contributed by atoms with Gasteiger partial charge in [0.2, 0.25) is 0 Å². The number of likely N-dealkylation sites (tertiary alicyclic amines) is 1. The van der Waals surface area contributed by atoms with Crippen molar-refractivity contribution < 1.29 is 14.3 Å². The van der Waals surface area contributed by atoms with Crippen molar-refractivity contribution in [2.24, 2.45) is 0 Å². The minimum absolute atomic E-state index is 0.201. The molecule has 206 valence electrons. The van der Waals surface area contributed by atoms with Crippen LogP contribution in [-0.4, -0.2) is 53.2 Å². The average molecular weight is 521 g/mol. The Morgan fingerprint density at radius 3 is 2.42 bits per heavy atom. The van der Waals surface area contributed by atoms with Gasteiger partial charge in [-0.05, 0) is 62.6 Å². The molecule has 2 aromatic carbocycles. The number of amides is 2. The number of pyridine rings is 1. The van der Waals surface area contributed by atoms with E-state index in [1.54, 1.807) is 24.4 Å². The Kier molecular flexibility index (Phi) is 12.4. The van der Waals surface area contributed by atoms with Crippen molar-refractivity contribution in [3.8, 4) is 0 Å². The maximum atomic E-state index is 13.1. The minimum atomic E-state index is -0.308. The van der Waals surface area contributed by atoms with Crippen LogP contribution in [0.3, 0.4) is 0 Å². The molecule has 0 saturated carbocycles. The summed E-state index contributed by atoms with van der Waals surface area (Å²) < 4.78 is 5.92. The molecule has 3 aromatic rings. The molecule has 1 unspecified atom stereocenters. The fourth-order valence-corrected chi connectivity index (χ4v) is 4.17. The third kappa shape index (κ3) is 8.64. The van der Waals surface area contributed by atoms with Crippen LogP contribution < -0.4 is 10.6 Å². The Labute approximate surface area is 228 Å². The number of benzene rings is 2. The number of aromatic nitrogens is 1. The quantitative estimate of drug-likeness (QED) is 0.371. The fraction of sp³-hybridized carbons (Fsp3) is 0.452. The Morgan fingerprint density at radius 2 is 1.68 bits per heavy atom. The van der Waals surface area contributed by atoms with E-state index in [0.717, 1.165) is 30.2 Å². The van der Waals surface area contributed by atoms with Crippen molar-refractivity contribution >= 4 is 28.3 Å². The second-order valence-corrected chi connectivity index (χ2v) is 9.58. The number of carbonyl (C=O) groups is 2. The highest BCUT2D eigenvalue weighted by atomic mass is 16.5. The number of hydrogen-bond donors (Lipinski definition) is 2. The van der Waals surface area contributed by atoms with Crippen molar-refractivity contribution in [1.82, 2.24) is 15.2 Å². The first-order valence-electron chi connectivity index (χ1n) is 13.7. The van der Waals surface area contributed by atoms with Crippen LogP contribution in [0.15, 0.2) is 60.8 Å². The molecule has 2 heterocycles. The topological polar surface area (TPSA) is 83.6 Å². The second-order valence-electron chi connectivity index (χ2n) is 9.58. The molecule has 2 N–H and O–H groups in total. The molecule has 1 aromatic heterocycles. The zero-order valence-electron chi connectivity index (χ0n) is 24.0. The molecule has 0 bridgehead atoms. The van der Waals surface area contributed by atoms with Gasteiger partial charge in [-0.1, -0.05) is 64.1 Å². The van der Waals surface area contributed by atoms with Crippen LogP contribution in [0.1, 0.15) is 82.2 Å². The second kappa shape index (κ2) is 15.2. The highest BCUT2D eigenvalue weighted by Crippen LogP contribution is 2.22. The van der Waals surface area contributed by atoms with E-state index in [-0.39, 0.29) is 29.2 Å². The molecule has 1 saturated heterocycles. The van der Waals surface area contributed by atoms with Gasteiger partial charge in [0.15, 0.2) is 5.69 Å². The SMILES string of the molecule is CC.CC.CC(C)(C)OCN1CCCC1CNC(=O)c1ncccc1NC(=O)c1cccc2ccccc12. The maximum absolute atomic E-state index is 13.1. The maximum Gasteiger partial charge on any atom is 0.272 e. The average Bonchev–Trinajstić information content (AvgIpc) is 3.40. The van der Waals surface area contributed by atoms with Crippen LogP contribution >= 0.6 is 0 Å². The van der Waals surface area contributed by atoms with E-state index in [4.69, 9.17) is 4.74 Å². The third-order valence-electron chi connectivity index (χ3n) is 5.97. The summed E-state index contributed by atoms with van der Waals surface area (Å²) >= 11 is 0. The van der Waals surface area contributed by atoms with E-state index in [2.05, 4.69) is 20.5 Å². The zero-order valence-corrected chi connectivity index (χ0v) is 24.0. The molecular weight excluding hydrogens is 476 g/mol. The van der Waals surface area contributed by atoms with Gasteiger partial charge >= 0.3 is 0 Å². The molecule has 0 spiro atoms. The lowest BCUT2D eigenvalue weighted by atomic mass is 10.0. The van der Waals surface area contributed by atoms with Gasteiger partial charge in [0.05, 0.1) is 18.0 Å². The molecule has 38 heavy (non-hydrogen) atoms. The van der Waals surface area contributed by atoms with Gasteiger partial charge in [-0.3, -0.25) is 14.5 Å². The molecule has 1 atom stereocenters. The Balaban J connectivity index is 0.00000121. The lowest BCUT2D eigenvalue weighted by Crippen LogP contribution is -2.42. The summed E-state index contributed by atoms with van der Waals surface area (Å²) in [7, 11) is 0. The molecule has 0 aliphatic carbocycles. The summed E-state index contributed by atoms with van der Waals surface area (Å²) in [6, 6.07) is 16.9. The number of ether oxygens (including phenoxy) is 1. The molecule has 7 heteroatoms. The summed E-state index contributed by atoms with van der Waals surface area (Å²) in [6.07, 6.45) is 3.63.